The van der Waals surface area contributed by atoms with Crippen LogP contribution in [0.1, 0.15) is 5.56 Å². The predicted octanol–water partition coefficient (Wildman–Crippen LogP) is 2.36. The van der Waals surface area contributed by atoms with Crippen molar-refractivity contribution in [1.29, 1.82) is 0 Å². The Kier molecular flexibility index (Phi) is 5.41. The number of sulfonamides is 1. The first kappa shape index (κ1) is 16.3. The van der Waals surface area contributed by atoms with Gasteiger partial charge in [0.15, 0.2) is 0 Å². The topological polar surface area (TPSA) is 64.6 Å². The molecule has 0 amide bonds. The van der Waals surface area contributed by atoms with Gasteiger partial charge >= 0.3 is 0 Å². The largest absolute Gasteiger partial charge is 0.497 e. The van der Waals surface area contributed by atoms with Gasteiger partial charge in [-0.05, 0) is 48.9 Å². The van der Waals surface area contributed by atoms with Crippen LogP contribution < -0.4 is 14.2 Å². The zero-order chi connectivity index (χ0) is 16.0. The van der Waals surface area contributed by atoms with Gasteiger partial charge in [0.05, 0.1) is 12.0 Å². The first-order chi connectivity index (χ1) is 10.5. The van der Waals surface area contributed by atoms with E-state index in [2.05, 4.69) is 4.72 Å². The van der Waals surface area contributed by atoms with E-state index < -0.39 is 10.0 Å². The van der Waals surface area contributed by atoms with Gasteiger partial charge in [0, 0.05) is 6.54 Å². The molecule has 2 aromatic rings. The normalized spacial score (nSPS) is 11.2. The Morgan fingerprint density at radius 2 is 1.73 bits per heavy atom. The number of hydrogen-bond acceptors (Lipinski definition) is 4. The van der Waals surface area contributed by atoms with Crippen molar-refractivity contribution in [3.8, 4) is 11.5 Å². The molecule has 0 bridgehead atoms. The van der Waals surface area contributed by atoms with Crippen LogP contribution >= 0.6 is 0 Å². The molecule has 0 saturated carbocycles. The molecule has 0 saturated heterocycles. The smallest absolute Gasteiger partial charge is 0.240 e. The summed E-state index contributed by atoms with van der Waals surface area (Å²) in [5, 5.41) is 0. The van der Waals surface area contributed by atoms with E-state index in [0.717, 1.165) is 11.3 Å². The van der Waals surface area contributed by atoms with E-state index in [1.54, 1.807) is 49.6 Å². The van der Waals surface area contributed by atoms with Gasteiger partial charge in [-0.25, -0.2) is 13.1 Å². The lowest BCUT2D eigenvalue weighted by Gasteiger charge is -2.09. The van der Waals surface area contributed by atoms with Crippen molar-refractivity contribution in [2.24, 2.45) is 0 Å². The third kappa shape index (κ3) is 4.47. The van der Waals surface area contributed by atoms with Gasteiger partial charge in [0.2, 0.25) is 10.0 Å². The zero-order valence-electron chi connectivity index (χ0n) is 12.6. The van der Waals surface area contributed by atoms with E-state index in [4.69, 9.17) is 9.47 Å². The molecule has 0 radical (unpaired) electrons. The van der Waals surface area contributed by atoms with Gasteiger partial charge in [-0.2, -0.15) is 0 Å². The maximum absolute atomic E-state index is 12.1. The predicted molar refractivity (Wildman–Crippen MR) is 84.9 cm³/mol. The number of benzene rings is 2. The number of hydrogen-bond donors (Lipinski definition) is 1. The molecule has 0 aliphatic heterocycles. The molecular formula is C16H19NO4S. The summed E-state index contributed by atoms with van der Waals surface area (Å²) < 4.78 is 37.2. The molecular weight excluding hydrogens is 302 g/mol. The summed E-state index contributed by atoms with van der Waals surface area (Å²) >= 11 is 0. The summed E-state index contributed by atoms with van der Waals surface area (Å²) in [6.45, 7) is 2.30. The third-order valence-corrected chi connectivity index (χ3v) is 4.48. The van der Waals surface area contributed by atoms with Crippen molar-refractivity contribution in [2.45, 2.75) is 11.8 Å². The summed E-state index contributed by atoms with van der Waals surface area (Å²) in [4.78, 5) is 0.261. The first-order valence-corrected chi connectivity index (χ1v) is 8.33. The molecule has 5 nitrogen and oxygen atoms in total. The molecule has 22 heavy (non-hydrogen) atoms. The highest BCUT2D eigenvalue weighted by molar-refractivity contribution is 7.89. The highest BCUT2D eigenvalue weighted by Crippen LogP contribution is 2.16. The molecule has 0 aliphatic rings. The van der Waals surface area contributed by atoms with Crippen molar-refractivity contribution in [3.63, 3.8) is 0 Å². The number of aryl methyl sites for hydroxylation is 1. The Bertz CT molecular complexity index is 711. The molecule has 0 aromatic heterocycles. The molecule has 2 rings (SSSR count). The first-order valence-electron chi connectivity index (χ1n) is 6.84. The fourth-order valence-electron chi connectivity index (χ4n) is 1.88. The monoisotopic (exact) mass is 321 g/mol. The number of ether oxygens (including phenoxy) is 2. The number of nitrogens with one attached hydrogen (secondary N) is 1. The quantitative estimate of drug-likeness (QED) is 0.795. The maximum atomic E-state index is 12.1. The van der Waals surface area contributed by atoms with E-state index in [-0.39, 0.29) is 18.0 Å². The molecule has 0 fully saturated rings. The van der Waals surface area contributed by atoms with Gasteiger partial charge in [0.25, 0.3) is 0 Å². The third-order valence-electron chi connectivity index (χ3n) is 3.02. The zero-order valence-corrected chi connectivity index (χ0v) is 13.4. The Morgan fingerprint density at radius 1 is 1.05 bits per heavy atom. The fourth-order valence-corrected chi connectivity index (χ4v) is 3.00. The van der Waals surface area contributed by atoms with Gasteiger partial charge in [-0.1, -0.05) is 12.1 Å². The maximum Gasteiger partial charge on any atom is 0.240 e. The van der Waals surface area contributed by atoms with Crippen molar-refractivity contribution in [2.75, 3.05) is 20.3 Å². The van der Waals surface area contributed by atoms with Crippen LogP contribution in [0.2, 0.25) is 0 Å². The van der Waals surface area contributed by atoms with Gasteiger partial charge in [-0.3, -0.25) is 0 Å². The SMILES string of the molecule is COc1ccc(OCCNS(=O)(=O)c2cccc(C)c2)cc1. The van der Waals surface area contributed by atoms with E-state index in [9.17, 15) is 8.42 Å². The standard InChI is InChI=1S/C16H19NO4S/c1-13-4-3-5-16(12-13)22(18,19)17-10-11-21-15-8-6-14(20-2)7-9-15/h3-9,12,17H,10-11H2,1-2H3. The van der Waals surface area contributed by atoms with Crippen LogP contribution in [0.5, 0.6) is 11.5 Å². The van der Waals surface area contributed by atoms with E-state index >= 15 is 0 Å². The molecule has 1 N–H and O–H groups in total. The number of methoxy groups -OCH3 is 1. The fraction of sp³-hybridized carbons (Fsp3) is 0.250. The number of rotatable bonds is 7. The molecule has 0 unspecified atom stereocenters. The van der Waals surface area contributed by atoms with Crippen LogP contribution in [0, 0.1) is 6.92 Å². The molecule has 118 valence electrons. The summed E-state index contributed by atoms with van der Waals surface area (Å²) in [7, 11) is -1.90. The summed E-state index contributed by atoms with van der Waals surface area (Å²) in [6.07, 6.45) is 0. The van der Waals surface area contributed by atoms with E-state index in [1.807, 2.05) is 13.0 Å². The van der Waals surface area contributed by atoms with Gasteiger partial charge in [-0.15, -0.1) is 0 Å². The minimum absolute atomic E-state index is 0.197. The van der Waals surface area contributed by atoms with E-state index in [1.165, 1.54) is 0 Å². The summed E-state index contributed by atoms with van der Waals surface area (Å²) in [5.41, 5.74) is 0.900. The lowest BCUT2D eigenvalue weighted by Crippen LogP contribution is -2.28. The average Bonchev–Trinajstić information content (AvgIpc) is 2.52. The van der Waals surface area contributed by atoms with Crippen molar-refractivity contribution >= 4 is 10.0 Å². The molecule has 6 heteroatoms. The molecule has 0 atom stereocenters. The lowest BCUT2D eigenvalue weighted by atomic mass is 10.2. The Balaban J connectivity index is 1.85. The second-order valence-electron chi connectivity index (χ2n) is 4.74. The van der Waals surface area contributed by atoms with Crippen molar-refractivity contribution in [1.82, 2.24) is 4.72 Å². The molecule has 0 heterocycles. The Labute approximate surface area is 130 Å². The van der Waals surface area contributed by atoms with Gasteiger partial charge < -0.3 is 9.47 Å². The van der Waals surface area contributed by atoms with Crippen LogP contribution in [0.25, 0.3) is 0 Å². The highest BCUT2D eigenvalue weighted by atomic mass is 32.2. The van der Waals surface area contributed by atoms with Crippen LogP contribution in [0.3, 0.4) is 0 Å². The van der Waals surface area contributed by atoms with Gasteiger partial charge in [0.1, 0.15) is 18.1 Å². The van der Waals surface area contributed by atoms with Crippen molar-refractivity contribution < 1.29 is 17.9 Å². The van der Waals surface area contributed by atoms with E-state index in [0.29, 0.717) is 5.75 Å². The Morgan fingerprint density at radius 3 is 2.36 bits per heavy atom. The second kappa shape index (κ2) is 7.29. The van der Waals surface area contributed by atoms with Crippen LogP contribution in [-0.2, 0) is 10.0 Å². The minimum Gasteiger partial charge on any atom is -0.497 e. The van der Waals surface area contributed by atoms with Crippen LogP contribution in [0.15, 0.2) is 53.4 Å². The summed E-state index contributed by atoms with van der Waals surface area (Å²) in [5.74, 6) is 1.41. The van der Waals surface area contributed by atoms with Crippen LogP contribution in [0.4, 0.5) is 0 Å². The summed E-state index contributed by atoms with van der Waals surface area (Å²) in [6, 6.07) is 13.9. The molecule has 2 aromatic carbocycles. The molecule has 0 spiro atoms. The van der Waals surface area contributed by atoms with Crippen molar-refractivity contribution in [3.05, 3.63) is 54.1 Å². The highest BCUT2D eigenvalue weighted by Gasteiger charge is 2.12. The Hall–Kier alpha value is -2.05. The lowest BCUT2D eigenvalue weighted by molar-refractivity contribution is 0.322. The molecule has 0 aliphatic carbocycles. The average molecular weight is 321 g/mol. The minimum atomic E-state index is -3.50. The van der Waals surface area contributed by atoms with Crippen LogP contribution in [-0.4, -0.2) is 28.7 Å². The second-order valence-corrected chi connectivity index (χ2v) is 6.51.